The maximum absolute atomic E-state index is 12.6. The number of hydrogen-bond donors (Lipinski definition) is 1. The number of rotatable bonds is 2. The topological polar surface area (TPSA) is 29.1 Å². The molecule has 0 aliphatic heterocycles. The van der Waals surface area contributed by atoms with E-state index in [9.17, 15) is 4.79 Å². The van der Waals surface area contributed by atoms with Crippen LogP contribution in [0, 0.1) is 21.8 Å². The van der Waals surface area contributed by atoms with E-state index < -0.39 is 0 Å². The van der Waals surface area contributed by atoms with Gasteiger partial charge in [0.05, 0.1) is 5.56 Å². The highest BCUT2D eigenvalue weighted by Gasteiger charge is 2.35. The van der Waals surface area contributed by atoms with Gasteiger partial charge in [-0.1, -0.05) is 45.7 Å². The van der Waals surface area contributed by atoms with Gasteiger partial charge in [-0.05, 0) is 65.3 Å². The van der Waals surface area contributed by atoms with Gasteiger partial charge in [0, 0.05) is 9.61 Å². The molecule has 2 atom stereocenters. The monoisotopic (exact) mass is 399 g/mol. The van der Waals surface area contributed by atoms with Crippen LogP contribution < -0.4 is 5.32 Å². The van der Waals surface area contributed by atoms with E-state index >= 15 is 0 Å². The molecular formula is C18H26INO. The summed E-state index contributed by atoms with van der Waals surface area (Å²) in [6.45, 7) is 8.92. The van der Waals surface area contributed by atoms with Gasteiger partial charge in [0.1, 0.15) is 0 Å². The second-order valence-corrected chi connectivity index (χ2v) is 8.35. The van der Waals surface area contributed by atoms with Crippen molar-refractivity contribution in [2.24, 2.45) is 11.3 Å². The summed E-state index contributed by atoms with van der Waals surface area (Å²) in [4.78, 5) is 12.6. The van der Waals surface area contributed by atoms with E-state index in [1.807, 2.05) is 12.1 Å². The van der Waals surface area contributed by atoms with Crippen LogP contribution in [0.3, 0.4) is 0 Å². The number of carbonyl (C=O) groups excluding carboxylic acids is 1. The number of halogens is 1. The Kier molecular flexibility index (Phi) is 5.33. The van der Waals surface area contributed by atoms with Gasteiger partial charge >= 0.3 is 0 Å². The van der Waals surface area contributed by atoms with Crippen LogP contribution in [0.5, 0.6) is 0 Å². The Morgan fingerprint density at radius 2 is 1.90 bits per heavy atom. The number of amides is 1. The lowest BCUT2D eigenvalue weighted by atomic mass is 9.69. The fourth-order valence-corrected chi connectivity index (χ4v) is 4.01. The third-order valence-electron chi connectivity index (χ3n) is 4.63. The number of benzene rings is 1. The molecule has 116 valence electrons. The fourth-order valence-electron chi connectivity index (χ4n) is 3.41. The van der Waals surface area contributed by atoms with Gasteiger partial charge in [-0.25, -0.2) is 0 Å². The summed E-state index contributed by atoms with van der Waals surface area (Å²) in [5, 5.41) is 3.32. The van der Waals surface area contributed by atoms with Gasteiger partial charge in [0.2, 0.25) is 0 Å². The second kappa shape index (κ2) is 6.67. The number of carbonyl (C=O) groups is 1. The summed E-state index contributed by atoms with van der Waals surface area (Å²) in [7, 11) is 0. The molecule has 0 aromatic heterocycles. The molecule has 0 heterocycles. The zero-order chi connectivity index (χ0) is 15.6. The molecule has 1 aromatic rings. The van der Waals surface area contributed by atoms with Crippen molar-refractivity contribution in [3.8, 4) is 0 Å². The predicted octanol–water partition coefficient (Wildman–Crippen LogP) is 4.93. The lowest BCUT2D eigenvalue weighted by Crippen LogP contribution is -2.46. The van der Waals surface area contributed by atoms with Crippen LogP contribution in [0.2, 0.25) is 0 Å². The van der Waals surface area contributed by atoms with Crippen LogP contribution in [0.1, 0.15) is 62.4 Å². The minimum absolute atomic E-state index is 0.0873. The first-order valence-corrected chi connectivity index (χ1v) is 8.94. The molecule has 1 saturated carbocycles. The molecular weight excluding hydrogens is 373 g/mol. The minimum atomic E-state index is 0.0873. The normalized spacial score (nSPS) is 22.9. The summed E-state index contributed by atoms with van der Waals surface area (Å²) < 4.78 is 1.07. The average Bonchev–Trinajstić information content (AvgIpc) is 2.41. The number of aryl methyl sites for hydroxylation is 1. The Morgan fingerprint density at radius 1 is 1.24 bits per heavy atom. The maximum atomic E-state index is 12.6. The SMILES string of the molecule is Cc1cccc(C(=O)NC2CCCCC2C(C)(C)C)c1I. The molecule has 2 unspecified atom stereocenters. The Morgan fingerprint density at radius 3 is 2.57 bits per heavy atom. The Hall–Kier alpha value is -0.580. The highest BCUT2D eigenvalue weighted by atomic mass is 127. The fraction of sp³-hybridized carbons (Fsp3) is 0.611. The zero-order valence-corrected chi connectivity index (χ0v) is 15.7. The van der Waals surface area contributed by atoms with Crippen LogP contribution in [-0.2, 0) is 0 Å². The molecule has 2 rings (SSSR count). The predicted molar refractivity (Wildman–Crippen MR) is 96.6 cm³/mol. The Bertz CT molecular complexity index is 518. The molecule has 21 heavy (non-hydrogen) atoms. The van der Waals surface area contributed by atoms with Gasteiger partial charge in [0.25, 0.3) is 5.91 Å². The van der Waals surface area contributed by atoms with Gasteiger partial charge < -0.3 is 5.32 Å². The summed E-state index contributed by atoms with van der Waals surface area (Å²) in [5.74, 6) is 0.655. The molecule has 0 bridgehead atoms. The number of nitrogens with one attached hydrogen (secondary N) is 1. The van der Waals surface area contributed by atoms with Crippen molar-refractivity contribution in [3.05, 3.63) is 32.9 Å². The highest BCUT2D eigenvalue weighted by molar-refractivity contribution is 14.1. The number of hydrogen-bond acceptors (Lipinski definition) is 1. The molecule has 3 heteroatoms. The highest BCUT2D eigenvalue weighted by Crippen LogP contribution is 2.38. The summed E-state index contributed by atoms with van der Waals surface area (Å²) in [6.07, 6.45) is 4.84. The van der Waals surface area contributed by atoms with Crippen LogP contribution >= 0.6 is 22.6 Å². The molecule has 1 N–H and O–H groups in total. The second-order valence-electron chi connectivity index (χ2n) is 7.27. The van der Waals surface area contributed by atoms with Crippen molar-refractivity contribution in [1.82, 2.24) is 5.32 Å². The van der Waals surface area contributed by atoms with E-state index in [0.717, 1.165) is 15.6 Å². The average molecular weight is 399 g/mol. The van der Waals surface area contributed by atoms with Gasteiger partial charge in [-0.15, -0.1) is 0 Å². The van der Waals surface area contributed by atoms with Crippen molar-refractivity contribution in [3.63, 3.8) is 0 Å². The minimum Gasteiger partial charge on any atom is -0.349 e. The molecule has 1 aliphatic rings. The lowest BCUT2D eigenvalue weighted by Gasteiger charge is -2.40. The first kappa shape index (κ1) is 16.8. The Labute approximate surface area is 142 Å². The molecule has 0 saturated heterocycles. The summed E-state index contributed by atoms with van der Waals surface area (Å²) >= 11 is 2.27. The first-order valence-electron chi connectivity index (χ1n) is 7.86. The van der Waals surface area contributed by atoms with Gasteiger partial charge in [-0.3, -0.25) is 4.79 Å². The van der Waals surface area contributed by atoms with Crippen molar-refractivity contribution < 1.29 is 4.79 Å². The molecule has 0 radical (unpaired) electrons. The largest absolute Gasteiger partial charge is 0.349 e. The molecule has 1 fully saturated rings. The quantitative estimate of drug-likeness (QED) is 0.702. The maximum Gasteiger partial charge on any atom is 0.252 e. The summed E-state index contributed by atoms with van der Waals surface area (Å²) in [6, 6.07) is 6.26. The van der Waals surface area contributed by atoms with Crippen LogP contribution in [0.15, 0.2) is 18.2 Å². The van der Waals surface area contributed by atoms with Crippen molar-refractivity contribution in [2.45, 2.75) is 59.4 Å². The van der Waals surface area contributed by atoms with Gasteiger partial charge in [-0.2, -0.15) is 0 Å². The third-order valence-corrected chi connectivity index (χ3v) is 6.06. The zero-order valence-electron chi connectivity index (χ0n) is 13.5. The molecule has 1 aliphatic carbocycles. The lowest BCUT2D eigenvalue weighted by molar-refractivity contribution is 0.0829. The van der Waals surface area contributed by atoms with E-state index in [4.69, 9.17) is 0 Å². The van der Waals surface area contributed by atoms with Gasteiger partial charge in [0.15, 0.2) is 0 Å². The van der Waals surface area contributed by atoms with Crippen LogP contribution in [-0.4, -0.2) is 11.9 Å². The van der Waals surface area contributed by atoms with E-state index in [1.54, 1.807) is 0 Å². The first-order chi connectivity index (χ1) is 9.80. The standard InChI is InChI=1S/C18H26INO/c1-12-8-7-9-13(16(12)19)17(21)20-15-11-6-5-10-14(15)18(2,3)4/h7-9,14-15H,5-6,10-11H2,1-4H3,(H,20,21). The van der Waals surface area contributed by atoms with Crippen LogP contribution in [0.25, 0.3) is 0 Å². The van der Waals surface area contributed by atoms with E-state index in [-0.39, 0.29) is 11.3 Å². The summed E-state index contributed by atoms with van der Waals surface area (Å²) in [5.41, 5.74) is 2.23. The van der Waals surface area contributed by atoms with E-state index in [0.29, 0.717) is 12.0 Å². The molecule has 0 spiro atoms. The molecule has 2 nitrogen and oxygen atoms in total. The van der Waals surface area contributed by atoms with Crippen LogP contribution in [0.4, 0.5) is 0 Å². The Balaban J connectivity index is 2.15. The third kappa shape index (κ3) is 3.99. The van der Waals surface area contributed by atoms with E-state index in [1.165, 1.54) is 24.8 Å². The van der Waals surface area contributed by atoms with Crippen molar-refractivity contribution in [1.29, 1.82) is 0 Å². The molecule has 1 amide bonds. The smallest absolute Gasteiger partial charge is 0.252 e. The van der Waals surface area contributed by atoms with Crippen molar-refractivity contribution >= 4 is 28.5 Å². The van der Waals surface area contributed by atoms with Crippen molar-refractivity contribution in [2.75, 3.05) is 0 Å². The van der Waals surface area contributed by atoms with E-state index in [2.05, 4.69) is 61.7 Å². The molecule has 1 aromatic carbocycles.